The van der Waals surface area contributed by atoms with Crippen molar-refractivity contribution in [2.45, 2.75) is 13.5 Å². The Morgan fingerprint density at radius 3 is 2.76 bits per heavy atom. The molecule has 0 aliphatic rings. The number of aryl methyl sites for hydroxylation is 1. The molecule has 1 amide bonds. The standard InChI is InChI=1S/C20H15Cl2N5O2/c1-12-5-6-17(16(22)7-12)25-18(28)10-26-11-23-19-15(20(26)29)9-24-27(19)14-4-2-3-13(21)8-14/h2-9,11H,10H2,1H3,(H,25,28). The minimum absolute atomic E-state index is 0.200. The molecule has 2 aromatic carbocycles. The molecule has 4 aromatic rings. The lowest BCUT2D eigenvalue weighted by molar-refractivity contribution is -0.116. The molecule has 0 unspecified atom stereocenters. The Kier molecular flexibility index (Phi) is 5.08. The maximum absolute atomic E-state index is 12.8. The van der Waals surface area contributed by atoms with Crippen molar-refractivity contribution in [3.05, 3.63) is 81.0 Å². The number of hydrogen-bond acceptors (Lipinski definition) is 4. The highest BCUT2D eigenvalue weighted by molar-refractivity contribution is 6.33. The summed E-state index contributed by atoms with van der Waals surface area (Å²) in [6, 6.07) is 12.4. The summed E-state index contributed by atoms with van der Waals surface area (Å²) < 4.78 is 2.75. The minimum atomic E-state index is -0.388. The summed E-state index contributed by atoms with van der Waals surface area (Å²) in [6.45, 7) is 1.70. The third-order valence-corrected chi connectivity index (χ3v) is 4.87. The van der Waals surface area contributed by atoms with Crippen molar-refractivity contribution in [2.24, 2.45) is 0 Å². The van der Waals surface area contributed by atoms with Gasteiger partial charge in [0.2, 0.25) is 5.91 Å². The number of aromatic nitrogens is 4. The number of rotatable bonds is 4. The summed E-state index contributed by atoms with van der Waals surface area (Å²) in [4.78, 5) is 29.5. The van der Waals surface area contributed by atoms with E-state index < -0.39 is 0 Å². The molecule has 29 heavy (non-hydrogen) atoms. The molecular formula is C20H15Cl2N5O2. The summed E-state index contributed by atoms with van der Waals surface area (Å²) in [6.07, 6.45) is 2.75. The monoisotopic (exact) mass is 427 g/mol. The van der Waals surface area contributed by atoms with Gasteiger partial charge in [0.15, 0.2) is 5.65 Å². The Morgan fingerprint density at radius 2 is 2.00 bits per heavy atom. The van der Waals surface area contributed by atoms with Gasteiger partial charge in [-0.1, -0.05) is 35.3 Å². The Bertz CT molecular complexity index is 1300. The fraction of sp³-hybridized carbons (Fsp3) is 0.100. The fourth-order valence-electron chi connectivity index (χ4n) is 2.92. The molecule has 2 aromatic heterocycles. The van der Waals surface area contributed by atoms with E-state index in [1.807, 2.05) is 19.1 Å². The zero-order valence-corrected chi connectivity index (χ0v) is 16.8. The number of benzene rings is 2. The number of hydrogen-bond donors (Lipinski definition) is 1. The van der Waals surface area contributed by atoms with Crippen molar-refractivity contribution >= 4 is 45.8 Å². The Hall–Kier alpha value is -3.16. The second-order valence-electron chi connectivity index (χ2n) is 6.48. The molecule has 0 atom stereocenters. The number of nitrogens with one attached hydrogen (secondary N) is 1. The van der Waals surface area contributed by atoms with Crippen LogP contribution in [0.3, 0.4) is 0 Å². The second kappa shape index (κ2) is 7.69. The topological polar surface area (TPSA) is 81.8 Å². The predicted octanol–water partition coefficient (Wildman–Crippen LogP) is 3.84. The van der Waals surface area contributed by atoms with Crippen molar-refractivity contribution in [1.82, 2.24) is 19.3 Å². The number of carbonyl (C=O) groups excluding carboxylic acids is 1. The van der Waals surface area contributed by atoms with E-state index in [1.165, 1.54) is 21.8 Å². The third-order valence-electron chi connectivity index (χ3n) is 4.32. The lowest BCUT2D eigenvalue weighted by Crippen LogP contribution is -2.28. The molecular weight excluding hydrogens is 413 g/mol. The molecule has 1 N–H and O–H groups in total. The largest absolute Gasteiger partial charge is 0.323 e. The lowest BCUT2D eigenvalue weighted by atomic mass is 10.2. The van der Waals surface area contributed by atoms with E-state index in [0.717, 1.165) is 5.56 Å². The van der Waals surface area contributed by atoms with Crippen LogP contribution in [0.4, 0.5) is 5.69 Å². The first kappa shape index (κ1) is 19.2. The molecule has 0 bridgehead atoms. The van der Waals surface area contributed by atoms with E-state index in [9.17, 15) is 9.59 Å². The number of amides is 1. The highest BCUT2D eigenvalue weighted by atomic mass is 35.5. The Labute approximate surface area is 175 Å². The van der Waals surface area contributed by atoms with Gasteiger partial charge in [0.1, 0.15) is 18.3 Å². The van der Waals surface area contributed by atoms with E-state index in [1.54, 1.807) is 30.3 Å². The van der Waals surface area contributed by atoms with Crippen LogP contribution in [0.2, 0.25) is 10.0 Å². The quantitative estimate of drug-likeness (QED) is 0.536. The average molecular weight is 428 g/mol. The second-order valence-corrected chi connectivity index (χ2v) is 7.33. The van der Waals surface area contributed by atoms with Gasteiger partial charge >= 0.3 is 0 Å². The minimum Gasteiger partial charge on any atom is -0.323 e. The summed E-state index contributed by atoms with van der Waals surface area (Å²) in [7, 11) is 0. The normalized spacial score (nSPS) is 11.0. The van der Waals surface area contributed by atoms with Crippen LogP contribution in [0.1, 0.15) is 5.56 Å². The molecule has 9 heteroatoms. The van der Waals surface area contributed by atoms with Gasteiger partial charge in [0.25, 0.3) is 5.56 Å². The van der Waals surface area contributed by atoms with Crippen molar-refractivity contribution in [3.8, 4) is 5.69 Å². The van der Waals surface area contributed by atoms with E-state index in [0.29, 0.717) is 32.5 Å². The fourth-order valence-corrected chi connectivity index (χ4v) is 3.39. The van der Waals surface area contributed by atoms with Crippen LogP contribution in [-0.4, -0.2) is 25.2 Å². The van der Waals surface area contributed by atoms with Gasteiger partial charge in [-0.2, -0.15) is 5.10 Å². The van der Waals surface area contributed by atoms with Crippen LogP contribution in [-0.2, 0) is 11.3 Å². The summed E-state index contributed by atoms with van der Waals surface area (Å²) in [5, 5.41) is 8.22. The average Bonchev–Trinajstić information content (AvgIpc) is 3.11. The molecule has 0 aliphatic heterocycles. The summed E-state index contributed by atoms with van der Waals surface area (Å²) >= 11 is 12.2. The third kappa shape index (κ3) is 3.87. The van der Waals surface area contributed by atoms with Crippen molar-refractivity contribution < 1.29 is 4.79 Å². The number of carbonyl (C=O) groups is 1. The lowest BCUT2D eigenvalue weighted by Gasteiger charge is -2.09. The van der Waals surface area contributed by atoms with Gasteiger partial charge in [0, 0.05) is 5.02 Å². The molecule has 4 rings (SSSR count). The number of fused-ring (bicyclic) bond motifs is 1. The van der Waals surface area contributed by atoms with Gasteiger partial charge in [-0.05, 0) is 42.8 Å². The highest BCUT2D eigenvalue weighted by Crippen LogP contribution is 2.22. The van der Waals surface area contributed by atoms with Crippen LogP contribution >= 0.6 is 23.2 Å². The molecule has 2 heterocycles. The molecule has 146 valence electrons. The van der Waals surface area contributed by atoms with E-state index in [-0.39, 0.29) is 18.0 Å². The predicted molar refractivity (Wildman–Crippen MR) is 113 cm³/mol. The van der Waals surface area contributed by atoms with Crippen molar-refractivity contribution in [1.29, 1.82) is 0 Å². The van der Waals surface area contributed by atoms with Gasteiger partial charge in [-0.25, -0.2) is 9.67 Å². The molecule has 0 aliphatic carbocycles. The maximum Gasteiger partial charge on any atom is 0.264 e. The van der Waals surface area contributed by atoms with E-state index in [2.05, 4.69) is 15.4 Å². The first-order valence-electron chi connectivity index (χ1n) is 8.67. The van der Waals surface area contributed by atoms with Gasteiger partial charge in [0.05, 0.1) is 22.6 Å². The Balaban J connectivity index is 1.61. The van der Waals surface area contributed by atoms with Crippen molar-refractivity contribution in [2.75, 3.05) is 5.32 Å². The Morgan fingerprint density at radius 1 is 1.17 bits per heavy atom. The molecule has 0 saturated carbocycles. The highest BCUT2D eigenvalue weighted by Gasteiger charge is 2.14. The van der Waals surface area contributed by atoms with Crippen LogP contribution in [0.5, 0.6) is 0 Å². The summed E-state index contributed by atoms with van der Waals surface area (Å²) in [5.74, 6) is -0.388. The van der Waals surface area contributed by atoms with E-state index in [4.69, 9.17) is 23.2 Å². The van der Waals surface area contributed by atoms with Crippen LogP contribution in [0.25, 0.3) is 16.7 Å². The smallest absolute Gasteiger partial charge is 0.264 e. The van der Waals surface area contributed by atoms with Crippen LogP contribution in [0.15, 0.2) is 59.8 Å². The molecule has 0 spiro atoms. The molecule has 7 nitrogen and oxygen atoms in total. The van der Waals surface area contributed by atoms with Crippen LogP contribution in [0, 0.1) is 6.92 Å². The number of nitrogens with zero attached hydrogens (tertiary/aromatic N) is 4. The summed E-state index contributed by atoms with van der Waals surface area (Å²) in [5.41, 5.74) is 2.17. The van der Waals surface area contributed by atoms with Crippen LogP contribution < -0.4 is 10.9 Å². The van der Waals surface area contributed by atoms with Gasteiger partial charge in [-0.15, -0.1) is 0 Å². The van der Waals surface area contributed by atoms with Gasteiger partial charge < -0.3 is 5.32 Å². The zero-order valence-electron chi connectivity index (χ0n) is 15.3. The van der Waals surface area contributed by atoms with Crippen molar-refractivity contribution in [3.63, 3.8) is 0 Å². The zero-order chi connectivity index (χ0) is 20.5. The first-order chi connectivity index (χ1) is 13.9. The maximum atomic E-state index is 12.8. The van der Waals surface area contributed by atoms with Gasteiger partial charge in [-0.3, -0.25) is 14.2 Å². The number of anilines is 1. The van der Waals surface area contributed by atoms with E-state index >= 15 is 0 Å². The first-order valence-corrected chi connectivity index (χ1v) is 9.43. The number of halogens is 2. The molecule has 0 saturated heterocycles. The molecule has 0 radical (unpaired) electrons. The molecule has 0 fully saturated rings. The SMILES string of the molecule is Cc1ccc(NC(=O)Cn2cnc3c(cnn3-c3cccc(Cl)c3)c2=O)c(Cl)c1.